The standard InChI is InChI=1S/C13H18N4/c1-9-8-10(14)6-7-17(9)13-15-11-4-2-3-5-12(11)16-13/h2-5,9-10H,6-8,14H2,1H3,(H,15,16). The molecule has 2 unspecified atom stereocenters. The van der Waals surface area contributed by atoms with Crippen LogP contribution in [0.5, 0.6) is 0 Å². The molecule has 4 nitrogen and oxygen atoms in total. The van der Waals surface area contributed by atoms with E-state index >= 15 is 0 Å². The van der Waals surface area contributed by atoms with Gasteiger partial charge in [0.05, 0.1) is 11.0 Å². The molecule has 1 aliphatic heterocycles. The van der Waals surface area contributed by atoms with Crippen LogP contribution in [0.2, 0.25) is 0 Å². The Hall–Kier alpha value is -1.55. The number of nitrogens with two attached hydrogens (primary N) is 1. The smallest absolute Gasteiger partial charge is 0.204 e. The number of rotatable bonds is 1. The van der Waals surface area contributed by atoms with Crippen LogP contribution in [-0.2, 0) is 0 Å². The van der Waals surface area contributed by atoms with E-state index in [0.29, 0.717) is 12.1 Å². The van der Waals surface area contributed by atoms with Crippen LogP contribution in [0.1, 0.15) is 19.8 Å². The van der Waals surface area contributed by atoms with Crippen LogP contribution in [0.3, 0.4) is 0 Å². The number of fused-ring (bicyclic) bond motifs is 1. The molecule has 1 saturated heterocycles. The zero-order valence-corrected chi connectivity index (χ0v) is 10.1. The van der Waals surface area contributed by atoms with E-state index in [1.807, 2.05) is 18.2 Å². The fourth-order valence-corrected chi connectivity index (χ4v) is 2.60. The average molecular weight is 230 g/mol. The van der Waals surface area contributed by atoms with Crippen LogP contribution in [-0.4, -0.2) is 28.6 Å². The number of H-pyrrole nitrogens is 1. The molecular weight excluding hydrogens is 212 g/mol. The highest BCUT2D eigenvalue weighted by Gasteiger charge is 2.25. The molecule has 0 saturated carbocycles. The summed E-state index contributed by atoms with van der Waals surface area (Å²) in [6, 6.07) is 8.94. The molecule has 0 bridgehead atoms. The summed E-state index contributed by atoms with van der Waals surface area (Å²) in [6.45, 7) is 3.20. The molecule has 17 heavy (non-hydrogen) atoms. The molecular formula is C13H18N4. The molecule has 1 aromatic heterocycles. The van der Waals surface area contributed by atoms with Crippen molar-refractivity contribution in [3.63, 3.8) is 0 Å². The van der Waals surface area contributed by atoms with Gasteiger partial charge in [0.2, 0.25) is 5.95 Å². The van der Waals surface area contributed by atoms with Crippen molar-refractivity contribution >= 4 is 17.0 Å². The number of aromatic amines is 1. The Balaban J connectivity index is 1.93. The normalized spacial score (nSPS) is 25.4. The lowest BCUT2D eigenvalue weighted by molar-refractivity contribution is 0.425. The van der Waals surface area contributed by atoms with Gasteiger partial charge in [-0.25, -0.2) is 4.98 Å². The van der Waals surface area contributed by atoms with Crippen molar-refractivity contribution in [3.05, 3.63) is 24.3 Å². The van der Waals surface area contributed by atoms with Crippen molar-refractivity contribution in [1.29, 1.82) is 0 Å². The molecule has 4 heteroatoms. The van der Waals surface area contributed by atoms with Crippen LogP contribution in [0.25, 0.3) is 11.0 Å². The van der Waals surface area contributed by atoms with E-state index in [0.717, 1.165) is 36.4 Å². The summed E-state index contributed by atoms with van der Waals surface area (Å²) in [5.41, 5.74) is 8.12. The number of imidazole rings is 1. The molecule has 3 rings (SSSR count). The molecule has 0 amide bonds. The molecule has 0 spiro atoms. The average Bonchev–Trinajstić information content (AvgIpc) is 2.72. The second-order valence-corrected chi connectivity index (χ2v) is 4.90. The van der Waals surface area contributed by atoms with Crippen molar-refractivity contribution in [1.82, 2.24) is 9.97 Å². The molecule has 0 aliphatic carbocycles. The number of nitrogens with zero attached hydrogens (tertiary/aromatic N) is 2. The van der Waals surface area contributed by atoms with Crippen molar-refractivity contribution in [2.45, 2.75) is 31.8 Å². The number of para-hydroxylation sites is 2. The maximum atomic E-state index is 5.98. The van der Waals surface area contributed by atoms with Gasteiger partial charge in [0, 0.05) is 18.6 Å². The van der Waals surface area contributed by atoms with Gasteiger partial charge in [-0.2, -0.15) is 0 Å². The highest BCUT2D eigenvalue weighted by molar-refractivity contribution is 5.77. The number of aromatic nitrogens is 2. The molecule has 90 valence electrons. The Morgan fingerprint density at radius 3 is 3.00 bits per heavy atom. The summed E-state index contributed by atoms with van der Waals surface area (Å²) in [4.78, 5) is 10.3. The third kappa shape index (κ3) is 1.89. The zero-order chi connectivity index (χ0) is 11.8. The van der Waals surface area contributed by atoms with Gasteiger partial charge < -0.3 is 15.6 Å². The molecule has 2 atom stereocenters. The molecule has 2 heterocycles. The number of nitrogens with one attached hydrogen (secondary N) is 1. The number of piperidine rings is 1. The first-order valence-corrected chi connectivity index (χ1v) is 6.21. The summed E-state index contributed by atoms with van der Waals surface area (Å²) in [5.74, 6) is 0.977. The maximum Gasteiger partial charge on any atom is 0.204 e. The minimum Gasteiger partial charge on any atom is -0.340 e. The lowest BCUT2D eigenvalue weighted by Crippen LogP contribution is -2.46. The monoisotopic (exact) mass is 230 g/mol. The van der Waals surface area contributed by atoms with E-state index in [9.17, 15) is 0 Å². The van der Waals surface area contributed by atoms with Crippen LogP contribution >= 0.6 is 0 Å². The van der Waals surface area contributed by atoms with E-state index in [-0.39, 0.29) is 0 Å². The number of hydrogen-bond donors (Lipinski definition) is 2. The second kappa shape index (κ2) is 4.04. The molecule has 0 radical (unpaired) electrons. The van der Waals surface area contributed by atoms with E-state index in [4.69, 9.17) is 5.73 Å². The Kier molecular flexibility index (Phi) is 2.52. The van der Waals surface area contributed by atoms with Crippen LogP contribution in [0.4, 0.5) is 5.95 Å². The van der Waals surface area contributed by atoms with Crippen molar-refractivity contribution in [3.8, 4) is 0 Å². The Labute approximate surface area is 101 Å². The topological polar surface area (TPSA) is 57.9 Å². The molecule has 1 fully saturated rings. The molecule has 1 aliphatic rings. The predicted molar refractivity (Wildman–Crippen MR) is 70.1 cm³/mol. The first-order valence-electron chi connectivity index (χ1n) is 6.21. The van der Waals surface area contributed by atoms with E-state index in [2.05, 4.69) is 27.9 Å². The Morgan fingerprint density at radius 2 is 2.24 bits per heavy atom. The van der Waals surface area contributed by atoms with Crippen molar-refractivity contribution in [2.75, 3.05) is 11.4 Å². The second-order valence-electron chi connectivity index (χ2n) is 4.90. The van der Waals surface area contributed by atoms with Gasteiger partial charge in [-0.1, -0.05) is 12.1 Å². The van der Waals surface area contributed by atoms with Crippen LogP contribution < -0.4 is 10.6 Å². The molecule has 2 aromatic rings. The summed E-state index contributed by atoms with van der Waals surface area (Å²) in [7, 11) is 0. The van der Waals surface area contributed by atoms with E-state index in [1.165, 1.54) is 0 Å². The molecule has 1 aromatic carbocycles. The zero-order valence-electron chi connectivity index (χ0n) is 10.1. The van der Waals surface area contributed by atoms with E-state index < -0.39 is 0 Å². The van der Waals surface area contributed by atoms with Crippen molar-refractivity contribution in [2.24, 2.45) is 5.73 Å². The van der Waals surface area contributed by atoms with Gasteiger partial charge in [0.15, 0.2) is 0 Å². The summed E-state index contributed by atoms with van der Waals surface area (Å²) >= 11 is 0. The third-order valence-corrected chi connectivity index (χ3v) is 3.57. The quantitative estimate of drug-likeness (QED) is 0.786. The minimum atomic E-state index is 0.339. The number of hydrogen-bond acceptors (Lipinski definition) is 3. The number of benzene rings is 1. The molecule has 3 N–H and O–H groups in total. The third-order valence-electron chi connectivity index (χ3n) is 3.57. The van der Waals surface area contributed by atoms with Gasteiger partial charge in [0.25, 0.3) is 0 Å². The van der Waals surface area contributed by atoms with Crippen molar-refractivity contribution < 1.29 is 0 Å². The summed E-state index contributed by atoms with van der Waals surface area (Å²) in [5, 5.41) is 0. The van der Waals surface area contributed by atoms with Gasteiger partial charge in [-0.15, -0.1) is 0 Å². The largest absolute Gasteiger partial charge is 0.340 e. The minimum absolute atomic E-state index is 0.339. The first-order chi connectivity index (χ1) is 8.24. The fourth-order valence-electron chi connectivity index (χ4n) is 2.60. The van der Waals surface area contributed by atoms with Gasteiger partial charge in [-0.3, -0.25) is 0 Å². The Morgan fingerprint density at radius 1 is 1.41 bits per heavy atom. The maximum absolute atomic E-state index is 5.98. The first kappa shape index (κ1) is 10.6. The SMILES string of the molecule is CC1CC(N)CCN1c1nc2ccccc2[nH]1. The summed E-state index contributed by atoms with van der Waals surface area (Å²) in [6.07, 6.45) is 2.08. The fraction of sp³-hybridized carbons (Fsp3) is 0.462. The highest BCUT2D eigenvalue weighted by atomic mass is 15.3. The van der Waals surface area contributed by atoms with Gasteiger partial charge >= 0.3 is 0 Å². The van der Waals surface area contributed by atoms with Crippen LogP contribution in [0, 0.1) is 0 Å². The van der Waals surface area contributed by atoms with Gasteiger partial charge in [0.1, 0.15) is 0 Å². The van der Waals surface area contributed by atoms with E-state index in [1.54, 1.807) is 0 Å². The highest BCUT2D eigenvalue weighted by Crippen LogP contribution is 2.23. The number of anilines is 1. The predicted octanol–water partition coefficient (Wildman–Crippen LogP) is 1.88. The van der Waals surface area contributed by atoms with Gasteiger partial charge in [-0.05, 0) is 31.9 Å². The lowest BCUT2D eigenvalue weighted by atomic mass is 10.00. The lowest BCUT2D eigenvalue weighted by Gasteiger charge is -2.36. The summed E-state index contributed by atoms with van der Waals surface area (Å²) < 4.78 is 0. The van der Waals surface area contributed by atoms with Crippen LogP contribution in [0.15, 0.2) is 24.3 Å². The Bertz CT molecular complexity index is 486.